The minimum atomic E-state index is 1.06. The molecule has 0 bridgehead atoms. The van der Waals surface area contributed by atoms with Gasteiger partial charge in [0.05, 0.1) is 6.54 Å². The summed E-state index contributed by atoms with van der Waals surface area (Å²) in [5.41, 5.74) is 1.12. The second-order valence-electron chi connectivity index (χ2n) is 3.67. The molecule has 0 aliphatic carbocycles. The summed E-state index contributed by atoms with van der Waals surface area (Å²) in [7, 11) is 0. The third-order valence-electron chi connectivity index (χ3n) is 2.29. The van der Waals surface area contributed by atoms with Gasteiger partial charge in [-0.25, -0.2) is 5.32 Å². The normalized spacial score (nSPS) is 10.7. The van der Waals surface area contributed by atoms with E-state index in [-0.39, 0.29) is 0 Å². The van der Waals surface area contributed by atoms with E-state index < -0.39 is 0 Å². The number of rotatable bonds is 7. The van der Waals surface area contributed by atoms with Gasteiger partial charge in [0.15, 0.2) is 0 Å². The van der Waals surface area contributed by atoms with Gasteiger partial charge in [-0.15, -0.1) is 0 Å². The van der Waals surface area contributed by atoms with Gasteiger partial charge in [0, 0.05) is 0 Å². The Morgan fingerprint density at radius 3 is 2.67 bits per heavy atom. The molecule has 0 atom stereocenters. The minimum absolute atomic E-state index is 1.06. The molecular formula is C13H21N2+. The lowest BCUT2D eigenvalue weighted by Crippen LogP contribution is -2.70. The molecule has 0 spiro atoms. The Morgan fingerprint density at radius 2 is 1.93 bits per heavy atom. The van der Waals surface area contributed by atoms with E-state index in [2.05, 4.69) is 29.4 Å². The average Bonchev–Trinajstić information content (AvgIpc) is 2.29. The highest BCUT2D eigenvalue weighted by Crippen LogP contribution is 2.01. The number of hydrogen-bond acceptors (Lipinski definition) is 0. The quantitative estimate of drug-likeness (QED) is 0.396. The molecule has 0 aliphatic rings. The van der Waals surface area contributed by atoms with Crippen LogP contribution in [0.3, 0.4) is 0 Å². The van der Waals surface area contributed by atoms with Gasteiger partial charge >= 0.3 is 0 Å². The Kier molecular flexibility index (Phi) is 6.30. The van der Waals surface area contributed by atoms with Crippen molar-refractivity contribution >= 4 is 12.0 Å². The van der Waals surface area contributed by atoms with Gasteiger partial charge in [0.25, 0.3) is 0 Å². The first kappa shape index (κ1) is 11.8. The molecule has 0 radical (unpaired) electrons. The Bertz CT molecular complexity index is 267. The van der Waals surface area contributed by atoms with Gasteiger partial charge in [-0.3, -0.25) is 4.99 Å². The van der Waals surface area contributed by atoms with E-state index in [4.69, 9.17) is 0 Å². The van der Waals surface area contributed by atoms with Gasteiger partial charge in [-0.05, 0) is 25.0 Å². The largest absolute Gasteiger partial charge is 0.281 e. The van der Waals surface area contributed by atoms with Crippen molar-refractivity contribution < 1.29 is 4.99 Å². The summed E-state index contributed by atoms with van der Waals surface area (Å²) in [6.45, 7) is 3.29. The van der Waals surface area contributed by atoms with Crippen molar-refractivity contribution in [2.75, 3.05) is 11.9 Å². The SMILES string of the molecule is CCCCCC[NH+]=CNc1ccccc1. The molecule has 0 saturated heterocycles. The minimum Gasteiger partial charge on any atom is -0.281 e. The third kappa shape index (κ3) is 5.89. The van der Waals surface area contributed by atoms with Crippen LogP contribution in [0.5, 0.6) is 0 Å². The number of unbranched alkanes of at least 4 members (excludes halogenated alkanes) is 3. The smallest absolute Gasteiger partial charge is 0.234 e. The summed E-state index contributed by atoms with van der Waals surface area (Å²) < 4.78 is 0. The molecule has 0 heterocycles. The molecular weight excluding hydrogens is 184 g/mol. The predicted octanol–water partition coefficient (Wildman–Crippen LogP) is 1.79. The molecule has 1 aromatic rings. The van der Waals surface area contributed by atoms with E-state index in [0.717, 1.165) is 12.2 Å². The van der Waals surface area contributed by atoms with Crippen molar-refractivity contribution in [1.29, 1.82) is 0 Å². The van der Waals surface area contributed by atoms with Crippen LogP contribution in [0.2, 0.25) is 0 Å². The van der Waals surface area contributed by atoms with Crippen LogP contribution in [-0.2, 0) is 0 Å². The average molecular weight is 205 g/mol. The highest BCUT2D eigenvalue weighted by molar-refractivity contribution is 5.71. The zero-order valence-corrected chi connectivity index (χ0v) is 9.50. The molecule has 2 N–H and O–H groups in total. The van der Waals surface area contributed by atoms with Crippen LogP contribution in [0, 0.1) is 0 Å². The molecule has 0 aromatic heterocycles. The molecule has 0 amide bonds. The number of anilines is 1. The van der Waals surface area contributed by atoms with Gasteiger partial charge in [0.1, 0.15) is 5.69 Å². The maximum atomic E-state index is 3.26. The molecule has 0 aliphatic heterocycles. The van der Waals surface area contributed by atoms with Gasteiger partial charge < -0.3 is 0 Å². The molecule has 2 nitrogen and oxygen atoms in total. The van der Waals surface area contributed by atoms with Crippen molar-refractivity contribution in [1.82, 2.24) is 0 Å². The Labute approximate surface area is 92.4 Å². The number of benzene rings is 1. The summed E-state index contributed by atoms with van der Waals surface area (Å²) in [5.74, 6) is 0. The highest BCUT2D eigenvalue weighted by Gasteiger charge is 1.90. The molecule has 0 fully saturated rings. The van der Waals surface area contributed by atoms with Gasteiger partial charge in [0.2, 0.25) is 6.34 Å². The summed E-state index contributed by atoms with van der Waals surface area (Å²) in [6, 6.07) is 10.2. The Hall–Kier alpha value is -1.31. The van der Waals surface area contributed by atoms with Crippen LogP contribution in [0.1, 0.15) is 32.6 Å². The molecule has 1 rings (SSSR count). The first-order valence-electron chi connectivity index (χ1n) is 5.80. The summed E-state index contributed by atoms with van der Waals surface area (Å²) in [4.78, 5) is 3.26. The molecule has 0 saturated carbocycles. The van der Waals surface area contributed by atoms with Crippen molar-refractivity contribution in [2.45, 2.75) is 32.6 Å². The zero-order valence-electron chi connectivity index (χ0n) is 9.50. The first-order chi connectivity index (χ1) is 7.43. The van der Waals surface area contributed by atoms with E-state index in [0.29, 0.717) is 0 Å². The zero-order chi connectivity index (χ0) is 10.8. The maximum absolute atomic E-state index is 3.26. The summed E-state index contributed by atoms with van der Waals surface area (Å²) in [5, 5.41) is 3.20. The molecule has 1 aromatic carbocycles. The number of para-hydroxylation sites is 1. The third-order valence-corrected chi connectivity index (χ3v) is 2.29. The first-order valence-corrected chi connectivity index (χ1v) is 5.80. The van der Waals surface area contributed by atoms with Crippen LogP contribution < -0.4 is 10.3 Å². The van der Waals surface area contributed by atoms with Crippen molar-refractivity contribution in [3.8, 4) is 0 Å². The fraction of sp³-hybridized carbons (Fsp3) is 0.462. The molecule has 0 unspecified atom stereocenters. The van der Waals surface area contributed by atoms with E-state index in [1.807, 2.05) is 24.5 Å². The van der Waals surface area contributed by atoms with E-state index in [9.17, 15) is 0 Å². The van der Waals surface area contributed by atoms with E-state index in [1.165, 1.54) is 25.7 Å². The van der Waals surface area contributed by atoms with E-state index in [1.54, 1.807) is 0 Å². The van der Waals surface area contributed by atoms with Crippen molar-refractivity contribution in [2.24, 2.45) is 0 Å². The fourth-order valence-electron chi connectivity index (χ4n) is 1.39. The van der Waals surface area contributed by atoms with Crippen LogP contribution >= 0.6 is 0 Å². The Balaban J connectivity index is 2.07. The lowest BCUT2D eigenvalue weighted by Gasteiger charge is -1.93. The second kappa shape index (κ2) is 8.04. The monoisotopic (exact) mass is 205 g/mol. The van der Waals surface area contributed by atoms with Crippen LogP contribution in [0.15, 0.2) is 30.3 Å². The van der Waals surface area contributed by atoms with Crippen molar-refractivity contribution in [3.05, 3.63) is 30.3 Å². The lowest BCUT2D eigenvalue weighted by atomic mass is 10.2. The van der Waals surface area contributed by atoms with Crippen molar-refractivity contribution in [3.63, 3.8) is 0 Å². The van der Waals surface area contributed by atoms with Gasteiger partial charge in [-0.2, -0.15) is 0 Å². The number of hydrogen-bond donors (Lipinski definition) is 2. The molecule has 2 heteroatoms. The lowest BCUT2D eigenvalue weighted by molar-refractivity contribution is -0.452. The van der Waals surface area contributed by atoms with Crippen LogP contribution in [0.4, 0.5) is 5.69 Å². The molecule has 82 valence electrons. The van der Waals surface area contributed by atoms with E-state index >= 15 is 0 Å². The molecule has 15 heavy (non-hydrogen) atoms. The fourth-order valence-corrected chi connectivity index (χ4v) is 1.39. The summed E-state index contributed by atoms with van der Waals surface area (Å²) >= 11 is 0. The second-order valence-corrected chi connectivity index (χ2v) is 3.67. The van der Waals surface area contributed by atoms with Crippen LogP contribution in [0.25, 0.3) is 0 Å². The number of nitrogens with one attached hydrogen (secondary N) is 2. The highest BCUT2D eigenvalue weighted by atomic mass is 14.9. The standard InChI is InChI=1S/C13H20N2/c1-2-3-4-8-11-14-12-15-13-9-6-5-7-10-13/h5-7,9-10,12H,2-4,8,11H2,1H3,(H,14,15)/p+1. The predicted molar refractivity (Wildman–Crippen MR) is 66.1 cm³/mol. The summed E-state index contributed by atoms with van der Waals surface area (Å²) in [6.07, 6.45) is 7.13. The van der Waals surface area contributed by atoms with Crippen LogP contribution in [-0.4, -0.2) is 12.9 Å². The Morgan fingerprint density at radius 1 is 1.13 bits per heavy atom. The maximum Gasteiger partial charge on any atom is 0.234 e. The topological polar surface area (TPSA) is 26.0 Å². The van der Waals surface area contributed by atoms with Gasteiger partial charge in [-0.1, -0.05) is 38.0 Å².